The van der Waals surface area contributed by atoms with Gasteiger partial charge in [0.25, 0.3) is 5.91 Å². The minimum absolute atomic E-state index is 0.0406. The van der Waals surface area contributed by atoms with Gasteiger partial charge in [-0.1, -0.05) is 11.6 Å². The minimum atomic E-state index is -0.966. The highest BCUT2D eigenvalue weighted by atomic mass is 35.5. The quantitative estimate of drug-likeness (QED) is 0.659. The number of aryl methyl sites for hydroxylation is 1. The maximum absolute atomic E-state index is 13.4. The number of hydrogen-bond donors (Lipinski definition) is 1. The fourth-order valence-electron chi connectivity index (χ4n) is 1.95. The van der Waals surface area contributed by atoms with E-state index >= 15 is 0 Å². The highest BCUT2D eigenvalue weighted by Crippen LogP contribution is 2.22. The molecule has 1 N–H and O–H groups in total. The van der Waals surface area contributed by atoms with Crippen LogP contribution in [0.25, 0.3) is 0 Å². The summed E-state index contributed by atoms with van der Waals surface area (Å²) in [5.41, 5.74) is 0.409. The molecule has 0 unspecified atom stereocenters. The molecule has 0 heterocycles. The molecule has 0 fully saturated rings. The highest BCUT2D eigenvalue weighted by Gasteiger charge is 2.13. The lowest BCUT2D eigenvalue weighted by Crippen LogP contribution is -2.28. The van der Waals surface area contributed by atoms with Crippen molar-refractivity contribution in [3.8, 4) is 5.75 Å². The van der Waals surface area contributed by atoms with Crippen LogP contribution in [0.5, 0.6) is 5.75 Å². The second-order valence-corrected chi connectivity index (χ2v) is 5.45. The van der Waals surface area contributed by atoms with E-state index in [0.717, 1.165) is 12.1 Å². The Morgan fingerprint density at radius 1 is 1.17 bits per heavy atom. The Bertz CT molecular complexity index is 780. The van der Waals surface area contributed by atoms with E-state index in [4.69, 9.17) is 16.3 Å². The Labute approximate surface area is 142 Å². The van der Waals surface area contributed by atoms with Gasteiger partial charge < -0.3 is 10.1 Å². The van der Waals surface area contributed by atoms with E-state index in [9.17, 15) is 18.4 Å². The number of carbonyl (C=O) groups excluding carboxylic acids is 2. The van der Waals surface area contributed by atoms with E-state index in [1.807, 2.05) is 0 Å². The first-order chi connectivity index (χ1) is 11.4. The monoisotopic (exact) mass is 353 g/mol. The van der Waals surface area contributed by atoms with Crippen molar-refractivity contribution in [3.63, 3.8) is 0 Å². The van der Waals surface area contributed by atoms with Gasteiger partial charge in [0.2, 0.25) is 0 Å². The number of rotatable bonds is 5. The minimum Gasteiger partial charge on any atom is -0.426 e. The maximum Gasteiger partial charge on any atom is 0.312 e. The zero-order valence-corrected chi connectivity index (χ0v) is 13.5. The number of hydrogen-bond acceptors (Lipinski definition) is 3. The second-order valence-electron chi connectivity index (χ2n) is 5.01. The van der Waals surface area contributed by atoms with Crippen LogP contribution in [0.2, 0.25) is 5.02 Å². The zero-order valence-electron chi connectivity index (χ0n) is 12.7. The van der Waals surface area contributed by atoms with Crippen molar-refractivity contribution in [2.45, 2.75) is 13.3 Å². The number of carbonyl (C=O) groups is 2. The normalized spacial score (nSPS) is 10.3. The lowest BCUT2D eigenvalue weighted by atomic mass is 10.2. The fraction of sp³-hybridized carbons (Fsp3) is 0.176. The predicted molar refractivity (Wildman–Crippen MR) is 85.1 cm³/mol. The van der Waals surface area contributed by atoms with Crippen LogP contribution in [0, 0.1) is 18.6 Å². The van der Waals surface area contributed by atoms with E-state index < -0.39 is 23.5 Å². The van der Waals surface area contributed by atoms with E-state index in [2.05, 4.69) is 5.32 Å². The van der Waals surface area contributed by atoms with Crippen molar-refractivity contribution in [1.82, 2.24) is 5.32 Å². The van der Waals surface area contributed by atoms with Crippen LogP contribution in [0.4, 0.5) is 8.78 Å². The summed E-state index contributed by atoms with van der Waals surface area (Å²) in [7, 11) is 0. The summed E-state index contributed by atoms with van der Waals surface area (Å²) in [6.45, 7) is 1.70. The van der Waals surface area contributed by atoms with Crippen molar-refractivity contribution in [3.05, 3.63) is 64.2 Å². The molecule has 2 rings (SSSR count). The first kappa shape index (κ1) is 17.9. The average molecular weight is 354 g/mol. The van der Waals surface area contributed by atoms with Gasteiger partial charge in [-0.15, -0.1) is 0 Å². The number of esters is 1. The van der Waals surface area contributed by atoms with Crippen LogP contribution in [0.1, 0.15) is 22.3 Å². The third-order valence-electron chi connectivity index (χ3n) is 3.15. The average Bonchev–Trinajstić information content (AvgIpc) is 2.50. The maximum atomic E-state index is 13.4. The topological polar surface area (TPSA) is 55.4 Å². The first-order valence-corrected chi connectivity index (χ1v) is 7.44. The van der Waals surface area contributed by atoms with Gasteiger partial charge in [0.15, 0.2) is 0 Å². The fourth-order valence-corrected chi connectivity index (χ4v) is 2.17. The number of nitrogens with one attached hydrogen (secondary N) is 1. The van der Waals surface area contributed by atoms with E-state index in [0.29, 0.717) is 22.4 Å². The summed E-state index contributed by atoms with van der Waals surface area (Å²) in [6, 6.07) is 7.46. The second kappa shape index (κ2) is 7.88. The molecule has 0 saturated heterocycles. The third-order valence-corrected chi connectivity index (χ3v) is 3.39. The molecule has 24 heavy (non-hydrogen) atoms. The van der Waals surface area contributed by atoms with Gasteiger partial charge in [-0.05, 0) is 42.8 Å². The molecule has 0 bridgehead atoms. The number of amides is 1. The zero-order chi connectivity index (χ0) is 17.7. The van der Waals surface area contributed by atoms with Crippen LogP contribution in [-0.2, 0) is 4.79 Å². The molecule has 0 spiro atoms. The largest absolute Gasteiger partial charge is 0.426 e. The standard InChI is InChI=1S/C17H14ClF2NO3/c1-10-8-11(18)2-5-15(10)24-16(22)6-7-21-17(23)13-4-3-12(19)9-14(13)20/h2-5,8-9H,6-7H2,1H3,(H,21,23). The summed E-state index contributed by atoms with van der Waals surface area (Å²) in [5.74, 6) is -2.65. The summed E-state index contributed by atoms with van der Waals surface area (Å²) >= 11 is 5.81. The summed E-state index contributed by atoms with van der Waals surface area (Å²) in [5, 5.41) is 2.90. The number of ether oxygens (including phenoxy) is 1. The molecular formula is C17H14ClF2NO3. The molecule has 0 saturated carbocycles. The van der Waals surface area contributed by atoms with E-state index in [1.165, 1.54) is 0 Å². The Morgan fingerprint density at radius 2 is 1.92 bits per heavy atom. The van der Waals surface area contributed by atoms with Gasteiger partial charge in [-0.2, -0.15) is 0 Å². The molecule has 0 radical (unpaired) electrons. The van der Waals surface area contributed by atoms with Gasteiger partial charge in [0, 0.05) is 17.6 Å². The molecule has 4 nitrogen and oxygen atoms in total. The first-order valence-electron chi connectivity index (χ1n) is 7.07. The van der Waals surface area contributed by atoms with Gasteiger partial charge in [-0.25, -0.2) is 8.78 Å². The highest BCUT2D eigenvalue weighted by molar-refractivity contribution is 6.30. The van der Waals surface area contributed by atoms with Crippen molar-refractivity contribution in [2.24, 2.45) is 0 Å². The molecule has 7 heteroatoms. The summed E-state index contributed by atoms with van der Waals surface area (Å²) in [6.07, 6.45) is -0.101. The summed E-state index contributed by atoms with van der Waals surface area (Å²) < 4.78 is 31.4. The van der Waals surface area contributed by atoms with Gasteiger partial charge in [-0.3, -0.25) is 9.59 Å². The van der Waals surface area contributed by atoms with Crippen LogP contribution in [0.15, 0.2) is 36.4 Å². The van der Waals surface area contributed by atoms with Crippen molar-refractivity contribution < 1.29 is 23.1 Å². The smallest absolute Gasteiger partial charge is 0.312 e. The Morgan fingerprint density at radius 3 is 2.58 bits per heavy atom. The molecule has 0 aromatic heterocycles. The number of halogens is 3. The SMILES string of the molecule is Cc1cc(Cl)ccc1OC(=O)CCNC(=O)c1ccc(F)cc1F. The van der Waals surface area contributed by atoms with Crippen LogP contribution < -0.4 is 10.1 Å². The molecule has 0 aliphatic rings. The molecule has 2 aromatic carbocycles. The van der Waals surface area contributed by atoms with Gasteiger partial charge in [0.05, 0.1) is 12.0 Å². The van der Waals surface area contributed by atoms with Crippen LogP contribution in [0.3, 0.4) is 0 Å². The molecule has 1 amide bonds. The molecule has 126 valence electrons. The molecule has 0 aliphatic carbocycles. The van der Waals surface area contributed by atoms with E-state index in [-0.39, 0.29) is 18.5 Å². The lowest BCUT2D eigenvalue weighted by molar-refractivity contribution is -0.134. The Balaban J connectivity index is 1.85. The Hall–Kier alpha value is -2.47. The van der Waals surface area contributed by atoms with Crippen molar-refractivity contribution in [1.29, 1.82) is 0 Å². The van der Waals surface area contributed by atoms with Gasteiger partial charge >= 0.3 is 5.97 Å². The van der Waals surface area contributed by atoms with Crippen LogP contribution in [-0.4, -0.2) is 18.4 Å². The molecule has 2 aromatic rings. The van der Waals surface area contributed by atoms with Crippen LogP contribution >= 0.6 is 11.6 Å². The Kier molecular flexibility index (Phi) is 5.87. The summed E-state index contributed by atoms with van der Waals surface area (Å²) in [4.78, 5) is 23.5. The van der Waals surface area contributed by atoms with Crippen molar-refractivity contribution >= 4 is 23.5 Å². The van der Waals surface area contributed by atoms with Gasteiger partial charge in [0.1, 0.15) is 17.4 Å². The van der Waals surface area contributed by atoms with Crippen molar-refractivity contribution in [2.75, 3.05) is 6.54 Å². The molecular weight excluding hydrogens is 340 g/mol. The molecule has 0 aliphatic heterocycles. The predicted octanol–water partition coefficient (Wildman–Crippen LogP) is 3.65. The lowest BCUT2D eigenvalue weighted by Gasteiger charge is -2.08. The third kappa shape index (κ3) is 4.76. The molecule has 0 atom stereocenters. The number of benzene rings is 2. The van der Waals surface area contributed by atoms with E-state index in [1.54, 1.807) is 25.1 Å².